The van der Waals surface area contributed by atoms with Gasteiger partial charge in [-0.3, -0.25) is 0 Å². The highest BCUT2D eigenvalue weighted by molar-refractivity contribution is 5.11. The molecule has 44 valence electrons. The van der Waals surface area contributed by atoms with Crippen LogP contribution < -0.4 is 0 Å². The summed E-state index contributed by atoms with van der Waals surface area (Å²) in [5.74, 6) is 0.981. The van der Waals surface area contributed by atoms with Gasteiger partial charge in [-0.15, -0.1) is 0 Å². The van der Waals surface area contributed by atoms with E-state index in [2.05, 4.69) is 0 Å². The Balaban J connectivity index is 2.11. The molecule has 3 unspecified atom stereocenters. The van der Waals surface area contributed by atoms with Crippen LogP contribution in [0.4, 0.5) is 0 Å². The minimum atomic E-state index is 0.454. The fraction of sp³-hybridized carbons (Fsp3) is 1.00. The van der Waals surface area contributed by atoms with E-state index < -0.39 is 0 Å². The van der Waals surface area contributed by atoms with Gasteiger partial charge in [0.1, 0.15) is 0 Å². The van der Waals surface area contributed by atoms with E-state index in [-0.39, 0.29) is 0 Å². The highest BCUT2D eigenvalue weighted by Crippen LogP contribution is 2.60. The summed E-state index contributed by atoms with van der Waals surface area (Å²) in [6.45, 7) is 0. The summed E-state index contributed by atoms with van der Waals surface area (Å²) < 4.78 is 5.64. The van der Waals surface area contributed by atoms with E-state index in [4.69, 9.17) is 4.74 Å². The zero-order valence-electron chi connectivity index (χ0n) is 4.89. The average molecular weight is 110 g/mol. The van der Waals surface area contributed by atoms with Crippen LogP contribution in [0.5, 0.6) is 0 Å². The Hall–Kier alpha value is -0.0400. The molecule has 0 aromatic rings. The van der Waals surface area contributed by atoms with Crippen LogP contribution in [0.1, 0.15) is 25.7 Å². The molecule has 1 spiro atoms. The Morgan fingerprint density at radius 2 is 2.25 bits per heavy atom. The molecule has 4 aliphatic rings. The molecule has 0 amide bonds. The van der Waals surface area contributed by atoms with Crippen molar-refractivity contribution in [3.05, 3.63) is 0 Å². The Bertz CT molecular complexity index is 130. The van der Waals surface area contributed by atoms with Crippen LogP contribution in [0.3, 0.4) is 0 Å². The van der Waals surface area contributed by atoms with Crippen LogP contribution in [0.25, 0.3) is 0 Å². The second-order valence-corrected chi connectivity index (χ2v) is 3.55. The first-order valence-electron chi connectivity index (χ1n) is 3.56. The number of rotatable bonds is 0. The molecule has 8 heavy (non-hydrogen) atoms. The molecule has 0 aromatic heterocycles. The standard InChI is InChI=1S/C7H10O/c1-2-7-3-5(1)6(4-7)8-7/h5-6H,1-4H2. The number of hydrogen-bond donors (Lipinski definition) is 0. The Morgan fingerprint density at radius 3 is 2.38 bits per heavy atom. The summed E-state index contributed by atoms with van der Waals surface area (Å²) in [6, 6.07) is 0. The van der Waals surface area contributed by atoms with Crippen molar-refractivity contribution in [3.8, 4) is 0 Å². The van der Waals surface area contributed by atoms with Crippen molar-refractivity contribution in [3.63, 3.8) is 0 Å². The molecule has 2 heterocycles. The van der Waals surface area contributed by atoms with Crippen LogP contribution in [-0.2, 0) is 4.74 Å². The highest BCUT2D eigenvalue weighted by atomic mass is 16.5. The van der Waals surface area contributed by atoms with Gasteiger partial charge >= 0.3 is 0 Å². The third-order valence-electron chi connectivity index (χ3n) is 3.11. The Kier molecular flexibility index (Phi) is 0.418. The van der Waals surface area contributed by atoms with Gasteiger partial charge in [-0.05, 0) is 25.2 Å². The molecule has 4 fully saturated rings. The number of hydrogen-bond acceptors (Lipinski definition) is 1. The molecule has 1 heteroatoms. The van der Waals surface area contributed by atoms with Gasteiger partial charge in [0.2, 0.25) is 0 Å². The summed E-state index contributed by atoms with van der Waals surface area (Å²) in [5.41, 5.74) is 0.454. The van der Waals surface area contributed by atoms with Gasteiger partial charge in [-0.1, -0.05) is 0 Å². The lowest BCUT2D eigenvalue weighted by molar-refractivity contribution is -0.178. The molecule has 0 N–H and O–H groups in total. The first-order valence-corrected chi connectivity index (χ1v) is 3.56. The monoisotopic (exact) mass is 110 g/mol. The molecule has 2 saturated heterocycles. The van der Waals surface area contributed by atoms with E-state index in [0.29, 0.717) is 11.7 Å². The van der Waals surface area contributed by atoms with Gasteiger partial charge in [0, 0.05) is 6.42 Å². The lowest BCUT2D eigenvalue weighted by atomic mass is 9.89. The molecule has 0 aromatic carbocycles. The summed E-state index contributed by atoms with van der Waals surface area (Å²) in [6.07, 6.45) is 6.34. The van der Waals surface area contributed by atoms with Crippen LogP contribution >= 0.6 is 0 Å². The van der Waals surface area contributed by atoms with E-state index in [1.54, 1.807) is 0 Å². The normalized spacial score (nSPS) is 66.0. The minimum Gasteiger partial charge on any atom is -0.371 e. The van der Waals surface area contributed by atoms with Crippen LogP contribution in [-0.4, -0.2) is 11.7 Å². The summed E-state index contributed by atoms with van der Waals surface area (Å²) in [4.78, 5) is 0. The zero-order chi connectivity index (χ0) is 5.19. The summed E-state index contributed by atoms with van der Waals surface area (Å²) in [7, 11) is 0. The molecule has 3 atom stereocenters. The third-order valence-corrected chi connectivity index (χ3v) is 3.11. The van der Waals surface area contributed by atoms with Gasteiger partial charge in [-0.25, -0.2) is 0 Å². The topological polar surface area (TPSA) is 9.23 Å². The van der Waals surface area contributed by atoms with E-state index in [1.165, 1.54) is 25.7 Å². The van der Waals surface area contributed by atoms with Gasteiger partial charge in [-0.2, -0.15) is 0 Å². The van der Waals surface area contributed by atoms with Crippen LogP contribution in [0, 0.1) is 5.92 Å². The zero-order valence-corrected chi connectivity index (χ0v) is 4.89. The van der Waals surface area contributed by atoms with Crippen LogP contribution in [0.15, 0.2) is 0 Å². The van der Waals surface area contributed by atoms with E-state index in [0.717, 1.165) is 5.92 Å². The molecule has 2 aliphatic heterocycles. The quantitative estimate of drug-likeness (QED) is 0.457. The molecule has 4 rings (SSSR count). The SMILES string of the molecule is C1CC23CC1C(C2)O3. The van der Waals surface area contributed by atoms with Crippen molar-refractivity contribution in [2.45, 2.75) is 37.4 Å². The molecular weight excluding hydrogens is 100 g/mol. The fourth-order valence-electron chi connectivity index (χ4n) is 2.68. The lowest BCUT2D eigenvalue weighted by Gasteiger charge is -2.42. The summed E-state index contributed by atoms with van der Waals surface area (Å²) in [5, 5.41) is 0. The predicted molar refractivity (Wildman–Crippen MR) is 29.6 cm³/mol. The molecule has 2 aliphatic carbocycles. The van der Waals surface area contributed by atoms with Crippen molar-refractivity contribution < 1.29 is 4.74 Å². The molecule has 0 radical (unpaired) electrons. The highest BCUT2D eigenvalue weighted by Gasteiger charge is 2.61. The maximum absolute atomic E-state index is 5.64. The first-order chi connectivity index (χ1) is 3.88. The van der Waals surface area contributed by atoms with Crippen molar-refractivity contribution >= 4 is 0 Å². The molecule has 2 saturated carbocycles. The second kappa shape index (κ2) is 0.860. The molecule has 3 bridgehead atoms. The van der Waals surface area contributed by atoms with Gasteiger partial charge in [0.15, 0.2) is 0 Å². The second-order valence-electron chi connectivity index (χ2n) is 3.55. The third kappa shape index (κ3) is 0.235. The predicted octanol–water partition coefficient (Wildman–Crippen LogP) is 1.33. The Labute approximate surface area is 49.0 Å². The van der Waals surface area contributed by atoms with Gasteiger partial charge in [0.25, 0.3) is 0 Å². The fourth-order valence-corrected chi connectivity index (χ4v) is 2.68. The molecular formula is C7H10O. The van der Waals surface area contributed by atoms with E-state index in [9.17, 15) is 0 Å². The Morgan fingerprint density at radius 1 is 1.38 bits per heavy atom. The van der Waals surface area contributed by atoms with Crippen molar-refractivity contribution in [1.82, 2.24) is 0 Å². The minimum absolute atomic E-state index is 0.454. The number of ether oxygens (including phenoxy) is 1. The maximum atomic E-state index is 5.64. The van der Waals surface area contributed by atoms with Crippen molar-refractivity contribution in [2.24, 2.45) is 5.92 Å². The average Bonchev–Trinajstić information content (AvgIpc) is 2.19. The first kappa shape index (κ1) is 3.89. The molecule has 1 nitrogen and oxygen atoms in total. The van der Waals surface area contributed by atoms with Crippen molar-refractivity contribution in [1.29, 1.82) is 0 Å². The van der Waals surface area contributed by atoms with Gasteiger partial charge < -0.3 is 4.74 Å². The smallest absolute Gasteiger partial charge is 0.0715 e. The van der Waals surface area contributed by atoms with Gasteiger partial charge in [0.05, 0.1) is 11.7 Å². The van der Waals surface area contributed by atoms with Crippen LogP contribution in [0.2, 0.25) is 0 Å². The maximum Gasteiger partial charge on any atom is 0.0715 e. The van der Waals surface area contributed by atoms with E-state index in [1.807, 2.05) is 0 Å². The lowest BCUT2D eigenvalue weighted by Crippen LogP contribution is -2.44. The van der Waals surface area contributed by atoms with Crippen molar-refractivity contribution in [2.75, 3.05) is 0 Å². The summed E-state index contributed by atoms with van der Waals surface area (Å²) >= 11 is 0. The van der Waals surface area contributed by atoms with E-state index >= 15 is 0 Å². The largest absolute Gasteiger partial charge is 0.371 e.